The first-order valence-corrected chi connectivity index (χ1v) is 5.96. The predicted octanol–water partition coefficient (Wildman–Crippen LogP) is 2.22. The number of rotatable bonds is 2. The molecule has 2 heterocycles. The molecule has 100 valence electrons. The van der Waals surface area contributed by atoms with E-state index in [1.54, 1.807) is 12.3 Å². The number of anilines is 1. The van der Waals surface area contributed by atoms with Gasteiger partial charge >= 0.3 is 0 Å². The Morgan fingerprint density at radius 1 is 1.35 bits per heavy atom. The van der Waals surface area contributed by atoms with E-state index in [9.17, 15) is 9.18 Å². The van der Waals surface area contributed by atoms with E-state index < -0.39 is 5.82 Å². The standard InChI is InChI=1S/C14H11FN4O/c1-7-4-11(16)13(17-5-7)14(20)8-2-3-10(15)12-9(8)6-18-19-12/h2-6H,16H2,1H3,(H,18,19). The van der Waals surface area contributed by atoms with E-state index in [0.717, 1.165) is 5.56 Å². The minimum atomic E-state index is -0.459. The molecule has 0 saturated carbocycles. The maximum absolute atomic E-state index is 13.6. The SMILES string of the molecule is Cc1cnc(C(=O)c2ccc(F)c3[nH]ncc23)c(N)c1. The number of aryl methyl sites for hydroxylation is 1. The molecule has 0 aliphatic heterocycles. The molecule has 0 spiro atoms. The minimum Gasteiger partial charge on any atom is -0.397 e. The zero-order chi connectivity index (χ0) is 14.3. The van der Waals surface area contributed by atoms with Crippen LogP contribution in [-0.4, -0.2) is 21.0 Å². The van der Waals surface area contributed by atoms with Crippen LogP contribution in [0.25, 0.3) is 10.9 Å². The first-order valence-electron chi connectivity index (χ1n) is 5.96. The number of benzene rings is 1. The third kappa shape index (κ3) is 1.82. The van der Waals surface area contributed by atoms with Crippen molar-refractivity contribution in [1.29, 1.82) is 0 Å². The molecule has 0 aliphatic carbocycles. The van der Waals surface area contributed by atoms with Crippen LogP contribution in [0.5, 0.6) is 0 Å². The molecule has 0 fully saturated rings. The Kier molecular flexibility index (Phi) is 2.71. The number of pyridine rings is 1. The van der Waals surface area contributed by atoms with Gasteiger partial charge in [-0.3, -0.25) is 14.9 Å². The van der Waals surface area contributed by atoms with Gasteiger partial charge in [0.15, 0.2) is 0 Å². The Balaban J connectivity index is 2.18. The second-order valence-electron chi connectivity index (χ2n) is 4.53. The molecule has 0 amide bonds. The number of fused-ring (bicyclic) bond motifs is 1. The third-order valence-corrected chi connectivity index (χ3v) is 3.08. The third-order valence-electron chi connectivity index (χ3n) is 3.08. The molecular formula is C14H11FN4O. The van der Waals surface area contributed by atoms with Gasteiger partial charge in [-0.05, 0) is 30.7 Å². The Morgan fingerprint density at radius 2 is 2.15 bits per heavy atom. The van der Waals surface area contributed by atoms with Crippen molar-refractivity contribution >= 4 is 22.4 Å². The number of nitrogens with two attached hydrogens (primary N) is 1. The Hall–Kier alpha value is -2.76. The normalized spacial score (nSPS) is 10.9. The number of ketones is 1. The summed E-state index contributed by atoms with van der Waals surface area (Å²) in [6.45, 7) is 1.84. The van der Waals surface area contributed by atoms with E-state index in [1.807, 2.05) is 6.92 Å². The number of halogens is 1. The average Bonchev–Trinajstić information content (AvgIpc) is 2.88. The molecule has 3 aromatic rings. The summed E-state index contributed by atoms with van der Waals surface area (Å²) in [7, 11) is 0. The number of nitrogens with zero attached hydrogens (tertiary/aromatic N) is 2. The number of carbonyl (C=O) groups excluding carboxylic acids is 1. The molecule has 0 unspecified atom stereocenters. The highest BCUT2D eigenvalue weighted by Crippen LogP contribution is 2.23. The van der Waals surface area contributed by atoms with Crippen LogP contribution < -0.4 is 5.73 Å². The van der Waals surface area contributed by atoms with Gasteiger partial charge in [0.1, 0.15) is 17.0 Å². The molecule has 1 aromatic carbocycles. The molecule has 2 aromatic heterocycles. The van der Waals surface area contributed by atoms with Crippen molar-refractivity contribution < 1.29 is 9.18 Å². The zero-order valence-corrected chi connectivity index (χ0v) is 10.6. The Labute approximate surface area is 113 Å². The quantitative estimate of drug-likeness (QED) is 0.699. The maximum atomic E-state index is 13.6. The van der Waals surface area contributed by atoms with E-state index in [4.69, 9.17) is 5.73 Å². The minimum absolute atomic E-state index is 0.157. The summed E-state index contributed by atoms with van der Waals surface area (Å²) in [5, 5.41) is 6.71. The summed E-state index contributed by atoms with van der Waals surface area (Å²) >= 11 is 0. The van der Waals surface area contributed by atoms with Gasteiger partial charge in [0.25, 0.3) is 0 Å². The van der Waals surface area contributed by atoms with Crippen LogP contribution in [0.4, 0.5) is 10.1 Å². The lowest BCUT2D eigenvalue weighted by molar-refractivity contribution is 0.103. The first-order chi connectivity index (χ1) is 9.58. The lowest BCUT2D eigenvalue weighted by Gasteiger charge is -2.06. The highest BCUT2D eigenvalue weighted by atomic mass is 19.1. The summed E-state index contributed by atoms with van der Waals surface area (Å²) in [4.78, 5) is 16.6. The van der Waals surface area contributed by atoms with Gasteiger partial charge in [0.2, 0.25) is 5.78 Å². The van der Waals surface area contributed by atoms with Crippen molar-refractivity contribution in [2.45, 2.75) is 6.92 Å². The van der Waals surface area contributed by atoms with Gasteiger partial charge < -0.3 is 5.73 Å². The topological polar surface area (TPSA) is 84.7 Å². The Bertz CT molecular complexity index is 825. The fourth-order valence-corrected chi connectivity index (χ4v) is 2.11. The van der Waals surface area contributed by atoms with E-state index in [-0.39, 0.29) is 17.0 Å². The number of nitrogen functional groups attached to an aromatic ring is 1. The van der Waals surface area contributed by atoms with Crippen molar-refractivity contribution in [2.75, 3.05) is 5.73 Å². The molecule has 0 aliphatic rings. The number of nitrogens with one attached hydrogen (secondary N) is 1. The lowest BCUT2D eigenvalue weighted by atomic mass is 10.0. The smallest absolute Gasteiger partial charge is 0.214 e. The lowest BCUT2D eigenvalue weighted by Crippen LogP contribution is -2.09. The van der Waals surface area contributed by atoms with E-state index in [2.05, 4.69) is 15.2 Å². The van der Waals surface area contributed by atoms with Crippen molar-refractivity contribution in [3.8, 4) is 0 Å². The van der Waals surface area contributed by atoms with Crippen LogP contribution >= 0.6 is 0 Å². The predicted molar refractivity (Wildman–Crippen MR) is 72.9 cm³/mol. The van der Waals surface area contributed by atoms with Crippen molar-refractivity contribution in [1.82, 2.24) is 15.2 Å². The van der Waals surface area contributed by atoms with Crippen LogP contribution in [0.2, 0.25) is 0 Å². The summed E-state index contributed by atoms with van der Waals surface area (Å²) in [5.74, 6) is -0.812. The van der Waals surface area contributed by atoms with Crippen LogP contribution in [0.3, 0.4) is 0 Å². The molecule has 5 nitrogen and oxygen atoms in total. The van der Waals surface area contributed by atoms with E-state index in [1.165, 1.54) is 18.3 Å². The number of H-pyrrole nitrogens is 1. The molecule has 0 bridgehead atoms. The fourth-order valence-electron chi connectivity index (χ4n) is 2.11. The summed E-state index contributed by atoms with van der Waals surface area (Å²) in [6, 6.07) is 4.31. The molecule has 0 saturated heterocycles. The maximum Gasteiger partial charge on any atom is 0.214 e. The van der Waals surface area contributed by atoms with Crippen molar-refractivity contribution in [2.24, 2.45) is 0 Å². The van der Waals surface area contributed by atoms with Gasteiger partial charge in [-0.2, -0.15) is 5.10 Å². The molecular weight excluding hydrogens is 259 g/mol. The van der Waals surface area contributed by atoms with Crippen LogP contribution in [0.1, 0.15) is 21.6 Å². The molecule has 6 heteroatoms. The van der Waals surface area contributed by atoms with E-state index >= 15 is 0 Å². The summed E-state index contributed by atoms with van der Waals surface area (Å²) < 4.78 is 13.6. The van der Waals surface area contributed by atoms with Gasteiger partial charge in [-0.15, -0.1) is 0 Å². The molecule has 20 heavy (non-hydrogen) atoms. The summed E-state index contributed by atoms with van der Waals surface area (Å²) in [6.07, 6.45) is 2.98. The zero-order valence-electron chi connectivity index (χ0n) is 10.6. The number of hydrogen-bond donors (Lipinski definition) is 2. The second kappa shape index (κ2) is 4.41. The number of aromatic nitrogens is 3. The molecule has 3 rings (SSSR count). The number of carbonyl (C=O) groups is 1. The average molecular weight is 270 g/mol. The van der Waals surface area contributed by atoms with Gasteiger partial charge in [0, 0.05) is 17.1 Å². The van der Waals surface area contributed by atoms with Gasteiger partial charge in [0.05, 0.1) is 11.9 Å². The number of hydrogen-bond acceptors (Lipinski definition) is 4. The van der Waals surface area contributed by atoms with E-state index in [0.29, 0.717) is 16.6 Å². The molecule has 0 atom stereocenters. The van der Waals surface area contributed by atoms with Crippen molar-refractivity contribution in [3.05, 3.63) is 53.2 Å². The van der Waals surface area contributed by atoms with Crippen LogP contribution in [0.15, 0.2) is 30.6 Å². The first kappa shape index (κ1) is 12.3. The number of aromatic amines is 1. The molecule has 3 N–H and O–H groups in total. The van der Waals surface area contributed by atoms with Gasteiger partial charge in [-0.1, -0.05) is 0 Å². The fraction of sp³-hybridized carbons (Fsp3) is 0.0714. The highest BCUT2D eigenvalue weighted by molar-refractivity contribution is 6.17. The second-order valence-corrected chi connectivity index (χ2v) is 4.53. The molecule has 0 radical (unpaired) electrons. The Morgan fingerprint density at radius 3 is 2.90 bits per heavy atom. The van der Waals surface area contributed by atoms with Crippen molar-refractivity contribution in [3.63, 3.8) is 0 Å². The van der Waals surface area contributed by atoms with Crippen LogP contribution in [0, 0.1) is 12.7 Å². The highest BCUT2D eigenvalue weighted by Gasteiger charge is 2.18. The monoisotopic (exact) mass is 270 g/mol. The van der Waals surface area contributed by atoms with Crippen LogP contribution in [-0.2, 0) is 0 Å². The summed E-state index contributed by atoms with van der Waals surface area (Å²) in [5.41, 5.74) is 7.67. The largest absolute Gasteiger partial charge is 0.397 e. The van der Waals surface area contributed by atoms with Gasteiger partial charge in [-0.25, -0.2) is 4.39 Å².